The molecular formula is C16H19N3O4S. The molecule has 8 heteroatoms. The first-order valence-electron chi connectivity index (χ1n) is 7.07. The maximum atomic E-state index is 12.1. The van der Waals surface area contributed by atoms with Crippen molar-refractivity contribution in [1.29, 1.82) is 0 Å². The van der Waals surface area contributed by atoms with Gasteiger partial charge < -0.3 is 14.2 Å². The minimum absolute atomic E-state index is 0.290. The summed E-state index contributed by atoms with van der Waals surface area (Å²) in [5, 5.41) is 4.82. The highest BCUT2D eigenvalue weighted by Gasteiger charge is 2.14. The first kappa shape index (κ1) is 17.7. The molecule has 0 saturated carbocycles. The molecule has 1 amide bonds. The zero-order valence-corrected chi connectivity index (χ0v) is 15.0. The number of methoxy groups -OCH3 is 3. The molecule has 2 aromatic rings. The summed E-state index contributed by atoms with van der Waals surface area (Å²) in [5.41, 5.74) is 3.88. The molecule has 0 aliphatic heterocycles. The highest BCUT2D eigenvalue weighted by molar-refractivity contribution is 7.13. The molecule has 0 spiro atoms. The average molecular weight is 349 g/mol. The quantitative estimate of drug-likeness (QED) is 0.640. The summed E-state index contributed by atoms with van der Waals surface area (Å²) in [5.74, 6) is 1.23. The first-order valence-corrected chi connectivity index (χ1v) is 7.89. The Kier molecular flexibility index (Phi) is 5.75. The number of nitrogens with one attached hydrogen (secondary N) is 1. The van der Waals surface area contributed by atoms with E-state index >= 15 is 0 Å². The van der Waals surface area contributed by atoms with E-state index < -0.39 is 0 Å². The summed E-state index contributed by atoms with van der Waals surface area (Å²) in [7, 11) is 4.61. The van der Waals surface area contributed by atoms with E-state index in [2.05, 4.69) is 15.5 Å². The first-order chi connectivity index (χ1) is 11.5. The number of nitrogens with zero attached hydrogens (tertiary/aromatic N) is 2. The smallest absolute Gasteiger partial charge is 0.283 e. The Morgan fingerprint density at radius 2 is 1.79 bits per heavy atom. The molecule has 0 atom stereocenters. The molecule has 0 saturated heterocycles. The predicted molar refractivity (Wildman–Crippen MR) is 92.7 cm³/mol. The fourth-order valence-corrected chi connectivity index (χ4v) is 2.94. The van der Waals surface area contributed by atoms with E-state index in [4.69, 9.17) is 14.2 Å². The molecule has 128 valence electrons. The summed E-state index contributed by atoms with van der Waals surface area (Å²) < 4.78 is 15.8. The molecule has 0 aliphatic rings. The van der Waals surface area contributed by atoms with Crippen LogP contribution < -0.4 is 19.6 Å². The van der Waals surface area contributed by atoms with Gasteiger partial charge in [0.1, 0.15) is 4.88 Å². The minimum Gasteiger partial charge on any atom is -0.493 e. The van der Waals surface area contributed by atoms with E-state index in [0.717, 1.165) is 5.01 Å². The van der Waals surface area contributed by atoms with Gasteiger partial charge in [0.05, 0.1) is 38.2 Å². The highest BCUT2D eigenvalue weighted by atomic mass is 32.1. The molecule has 2 rings (SSSR count). The Bertz CT molecular complexity index is 746. The van der Waals surface area contributed by atoms with Crippen molar-refractivity contribution in [2.75, 3.05) is 21.3 Å². The maximum absolute atomic E-state index is 12.1. The van der Waals surface area contributed by atoms with Crippen molar-refractivity contribution in [3.05, 3.63) is 33.3 Å². The Morgan fingerprint density at radius 1 is 1.17 bits per heavy atom. The third-order valence-corrected chi connectivity index (χ3v) is 4.25. The van der Waals surface area contributed by atoms with Gasteiger partial charge in [-0.15, -0.1) is 11.3 Å². The van der Waals surface area contributed by atoms with Gasteiger partial charge in [0.15, 0.2) is 11.5 Å². The molecule has 24 heavy (non-hydrogen) atoms. The average Bonchev–Trinajstić information content (AvgIpc) is 2.92. The number of hydrazone groups is 1. The van der Waals surface area contributed by atoms with Crippen LogP contribution in [0.1, 0.15) is 25.9 Å². The van der Waals surface area contributed by atoms with Crippen molar-refractivity contribution in [3.63, 3.8) is 0 Å². The Hall–Kier alpha value is -2.61. The predicted octanol–water partition coefficient (Wildman–Crippen LogP) is 2.55. The molecule has 0 unspecified atom stereocenters. The molecule has 0 fully saturated rings. The maximum Gasteiger partial charge on any atom is 0.283 e. The Balaban J connectivity index is 2.17. The number of rotatable bonds is 6. The normalized spacial score (nSPS) is 10.7. The lowest BCUT2D eigenvalue weighted by molar-refractivity contribution is 0.0958. The van der Waals surface area contributed by atoms with Crippen molar-refractivity contribution in [1.82, 2.24) is 10.4 Å². The van der Waals surface area contributed by atoms with Crippen LogP contribution in [0.5, 0.6) is 17.2 Å². The van der Waals surface area contributed by atoms with Gasteiger partial charge in [0, 0.05) is 5.56 Å². The number of carbonyl (C=O) groups excluding carboxylic acids is 1. The van der Waals surface area contributed by atoms with E-state index in [-0.39, 0.29) is 5.91 Å². The number of carbonyl (C=O) groups is 1. The topological polar surface area (TPSA) is 82.0 Å². The van der Waals surface area contributed by atoms with Gasteiger partial charge in [-0.3, -0.25) is 4.79 Å². The summed E-state index contributed by atoms with van der Waals surface area (Å²) in [4.78, 5) is 16.9. The van der Waals surface area contributed by atoms with Crippen LogP contribution in [0.2, 0.25) is 0 Å². The summed E-state index contributed by atoms with van der Waals surface area (Å²) in [6.07, 6.45) is 1.51. The second-order valence-corrected chi connectivity index (χ2v) is 6.01. The molecule has 1 heterocycles. The number of ether oxygens (including phenoxy) is 3. The number of hydrogen-bond donors (Lipinski definition) is 1. The molecule has 0 radical (unpaired) electrons. The van der Waals surface area contributed by atoms with Crippen molar-refractivity contribution in [2.24, 2.45) is 5.10 Å². The lowest BCUT2D eigenvalue weighted by atomic mass is 10.2. The minimum atomic E-state index is -0.290. The zero-order chi connectivity index (χ0) is 17.7. The Morgan fingerprint density at radius 3 is 2.25 bits per heavy atom. The van der Waals surface area contributed by atoms with Crippen LogP contribution in [0.15, 0.2) is 17.2 Å². The number of aromatic nitrogens is 1. The SMILES string of the molecule is COc1cc(/C=N/NC(=O)c2sc(C)nc2C)cc(OC)c1OC. The third kappa shape index (κ3) is 3.83. The number of aryl methyl sites for hydroxylation is 2. The second-order valence-electron chi connectivity index (χ2n) is 4.81. The van der Waals surface area contributed by atoms with E-state index in [1.165, 1.54) is 38.9 Å². The van der Waals surface area contributed by atoms with Crippen molar-refractivity contribution < 1.29 is 19.0 Å². The van der Waals surface area contributed by atoms with Crippen LogP contribution in [0, 0.1) is 13.8 Å². The van der Waals surface area contributed by atoms with E-state index in [9.17, 15) is 4.79 Å². The van der Waals surface area contributed by atoms with Crippen LogP contribution >= 0.6 is 11.3 Å². The second kappa shape index (κ2) is 7.78. The number of amides is 1. The zero-order valence-electron chi connectivity index (χ0n) is 14.2. The standard InChI is InChI=1S/C16H19N3O4S/c1-9-15(24-10(2)18-9)16(20)19-17-8-11-6-12(21-3)14(23-5)13(7-11)22-4/h6-8H,1-5H3,(H,19,20)/b17-8+. The number of hydrogen-bond acceptors (Lipinski definition) is 7. The third-order valence-electron chi connectivity index (χ3n) is 3.18. The molecular weight excluding hydrogens is 330 g/mol. The summed E-state index contributed by atoms with van der Waals surface area (Å²) in [6, 6.07) is 3.47. The van der Waals surface area contributed by atoms with Crippen molar-refractivity contribution >= 4 is 23.5 Å². The largest absolute Gasteiger partial charge is 0.493 e. The monoisotopic (exact) mass is 349 g/mol. The molecule has 0 aliphatic carbocycles. The molecule has 0 bridgehead atoms. The number of thiazole rings is 1. The number of benzene rings is 1. The molecule has 7 nitrogen and oxygen atoms in total. The van der Waals surface area contributed by atoms with Crippen LogP contribution in [-0.2, 0) is 0 Å². The molecule has 1 aromatic heterocycles. The van der Waals surface area contributed by atoms with E-state index in [0.29, 0.717) is 33.4 Å². The van der Waals surface area contributed by atoms with Crippen LogP contribution in [0.25, 0.3) is 0 Å². The van der Waals surface area contributed by atoms with Crippen LogP contribution in [0.3, 0.4) is 0 Å². The van der Waals surface area contributed by atoms with Gasteiger partial charge in [-0.05, 0) is 26.0 Å². The van der Waals surface area contributed by atoms with E-state index in [1.807, 2.05) is 6.92 Å². The summed E-state index contributed by atoms with van der Waals surface area (Å²) >= 11 is 1.33. The van der Waals surface area contributed by atoms with Gasteiger partial charge in [-0.2, -0.15) is 5.10 Å². The van der Waals surface area contributed by atoms with Gasteiger partial charge in [0.25, 0.3) is 5.91 Å². The molecule has 1 aromatic carbocycles. The lowest BCUT2D eigenvalue weighted by Crippen LogP contribution is -2.17. The van der Waals surface area contributed by atoms with Gasteiger partial charge >= 0.3 is 0 Å². The molecule has 1 N–H and O–H groups in total. The lowest BCUT2D eigenvalue weighted by Gasteiger charge is -2.12. The van der Waals surface area contributed by atoms with E-state index in [1.54, 1.807) is 19.1 Å². The fraction of sp³-hybridized carbons (Fsp3) is 0.312. The van der Waals surface area contributed by atoms with Crippen LogP contribution in [0.4, 0.5) is 0 Å². The van der Waals surface area contributed by atoms with Crippen molar-refractivity contribution in [3.8, 4) is 17.2 Å². The van der Waals surface area contributed by atoms with Crippen molar-refractivity contribution in [2.45, 2.75) is 13.8 Å². The van der Waals surface area contributed by atoms with Gasteiger partial charge in [-0.1, -0.05) is 0 Å². The van der Waals surface area contributed by atoms with Gasteiger partial charge in [0.2, 0.25) is 5.75 Å². The Labute approximate surface area is 144 Å². The van der Waals surface area contributed by atoms with Crippen LogP contribution in [-0.4, -0.2) is 38.4 Å². The highest BCUT2D eigenvalue weighted by Crippen LogP contribution is 2.37. The van der Waals surface area contributed by atoms with Gasteiger partial charge in [-0.25, -0.2) is 10.4 Å². The fourth-order valence-electron chi connectivity index (χ4n) is 2.13. The summed E-state index contributed by atoms with van der Waals surface area (Å²) in [6.45, 7) is 3.65.